The summed E-state index contributed by atoms with van der Waals surface area (Å²) < 4.78 is 7.13. The molecule has 0 aromatic carbocycles. The fourth-order valence-electron chi connectivity index (χ4n) is 1.96. The number of aromatic nitrogens is 4. The van der Waals surface area contributed by atoms with Crippen molar-refractivity contribution < 1.29 is 4.52 Å². The van der Waals surface area contributed by atoms with Gasteiger partial charge in [-0.1, -0.05) is 11.2 Å². The largest absolute Gasteiger partial charge is 0.338 e. The van der Waals surface area contributed by atoms with Gasteiger partial charge in [-0.2, -0.15) is 10.1 Å². The molecule has 3 rings (SSSR count). The highest BCUT2D eigenvalue weighted by molar-refractivity contribution is 5.47. The molecular formula is C13H14N4O. The predicted molar refractivity (Wildman–Crippen MR) is 66.4 cm³/mol. The first-order chi connectivity index (χ1) is 8.57. The van der Waals surface area contributed by atoms with Crippen molar-refractivity contribution in [2.75, 3.05) is 0 Å². The van der Waals surface area contributed by atoms with Crippen LogP contribution < -0.4 is 0 Å². The number of aryl methyl sites for hydroxylation is 1. The molecule has 3 aromatic rings. The van der Waals surface area contributed by atoms with Crippen LogP contribution in [0.2, 0.25) is 0 Å². The maximum Gasteiger partial charge on any atom is 0.236 e. The van der Waals surface area contributed by atoms with E-state index in [1.807, 2.05) is 29.8 Å². The van der Waals surface area contributed by atoms with Crippen LogP contribution in [0.25, 0.3) is 5.52 Å². The van der Waals surface area contributed by atoms with E-state index in [0.29, 0.717) is 11.7 Å². The fourth-order valence-corrected chi connectivity index (χ4v) is 1.96. The normalized spacial score (nSPS) is 12.2. The van der Waals surface area contributed by atoms with Crippen LogP contribution in [0.15, 0.2) is 35.1 Å². The average molecular weight is 242 g/mol. The molecule has 0 aliphatic heterocycles. The molecule has 0 N–H and O–H groups in total. The minimum absolute atomic E-state index is 0.332. The zero-order valence-electron chi connectivity index (χ0n) is 10.6. The third-order valence-corrected chi connectivity index (χ3v) is 3.18. The smallest absolute Gasteiger partial charge is 0.236 e. The number of pyridine rings is 1. The van der Waals surface area contributed by atoms with Crippen LogP contribution in [0.1, 0.15) is 31.1 Å². The van der Waals surface area contributed by atoms with Gasteiger partial charge in [-0.15, -0.1) is 0 Å². The van der Waals surface area contributed by atoms with Gasteiger partial charge >= 0.3 is 0 Å². The first kappa shape index (κ1) is 11.0. The van der Waals surface area contributed by atoms with Gasteiger partial charge < -0.3 is 4.52 Å². The quantitative estimate of drug-likeness (QED) is 0.692. The first-order valence-corrected chi connectivity index (χ1v) is 5.82. The van der Waals surface area contributed by atoms with E-state index >= 15 is 0 Å². The van der Waals surface area contributed by atoms with E-state index < -0.39 is 0 Å². The molecule has 3 aromatic heterocycles. The summed E-state index contributed by atoms with van der Waals surface area (Å²) in [4.78, 5) is 4.32. The molecule has 0 aliphatic carbocycles. The van der Waals surface area contributed by atoms with Gasteiger partial charge in [0.15, 0.2) is 5.82 Å². The molecule has 0 unspecified atom stereocenters. The lowest BCUT2D eigenvalue weighted by Gasteiger charge is -2.20. The number of fused-ring (bicyclic) bond motifs is 1. The SMILES string of the molecule is Cc1noc(C(C)(C)c2ccc3ccnn3c2)n1. The maximum atomic E-state index is 5.29. The molecule has 0 saturated heterocycles. The van der Waals surface area contributed by atoms with E-state index in [-0.39, 0.29) is 5.41 Å². The molecule has 3 heterocycles. The highest BCUT2D eigenvalue weighted by atomic mass is 16.5. The highest BCUT2D eigenvalue weighted by Crippen LogP contribution is 2.30. The molecular weight excluding hydrogens is 228 g/mol. The Labute approximate surface area is 104 Å². The molecule has 0 atom stereocenters. The van der Waals surface area contributed by atoms with Crippen molar-refractivity contribution in [3.05, 3.63) is 47.9 Å². The number of rotatable bonds is 2. The molecule has 0 bridgehead atoms. The van der Waals surface area contributed by atoms with Gasteiger partial charge in [-0.25, -0.2) is 4.52 Å². The lowest BCUT2D eigenvalue weighted by Crippen LogP contribution is -2.20. The summed E-state index contributed by atoms with van der Waals surface area (Å²) in [5, 5.41) is 8.09. The van der Waals surface area contributed by atoms with E-state index in [1.165, 1.54) is 0 Å². The lowest BCUT2D eigenvalue weighted by molar-refractivity contribution is 0.330. The molecule has 0 saturated carbocycles. The zero-order chi connectivity index (χ0) is 12.8. The van der Waals surface area contributed by atoms with Crippen molar-refractivity contribution in [3.63, 3.8) is 0 Å². The molecule has 0 fully saturated rings. The lowest BCUT2D eigenvalue weighted by atomic mass is 9.85. The second kappa shape index (κ2) is 3.66. The minimum Gasteiger partial charge on any atom is -0.338 e. The Hall–Kier alpha value is -2.17. The van der Waals surface area contributed by atoms with Gasteiger partial charge in [-0.3, -0.25) is 0 Å². The van der Waals surface area contributed by atoms with Crippen molar-refractivity contribution in [2.24, 2.45) is 0 Å². The minimum atomic E-state index is -0.332. The molecule has 92 valence electrons. The summed E-state index contributed by atoms with van der Waals surface area (Å²) in [5.74, 6) is 1.27. The zero-order valence-corrected chi connectivity index (χ0v) is 10.6. The van der Waals surface area contributed by atoms with E-state index in [9.17, 15) is 0 Å². The summed E-state index contributed by atoms with van der Waals surface area (Å²) in [7, 11) is 0. The van der Waals surface area contributed by atoms with Gasteiger partial charge in [0.25, 0.3) is 0 Å². The van der Waals surface area contributed by atoms with Gasteiger partial charge in [-0.05, 0) is 38.5 Å². The van der Waals surface area contributed by atoms with E-state index in [1.54, 1.807) is 6.20 Å². The molecule has 0 radical (unpaired) electrons. The molecule has 0 amide bonds. The Morgan fingerprint density at radius 1 is 1.22 bits per heavy atom. The van der Waals surface area contributed by atoms with Crippen molar-refractivity contribution in [1.29, 1.82) is 0 Å². The standard InChI is InChI=1S/C13H14N4O/c1-9-15-12(18-16-9)13(2,3)10-4-5-11-6-7-14-17(11)8-10/h4-8H,1-3H3. The number of nitrogens with zero attached hydrogens (tertiary/aromatic N) is 4. The highest BCUT2D eigenvalue weighted by Gasteiger charge is 2.29. The summed E-state index contributed by atoms with van der Waals surface area (Å²) in [6, 6.07) is 6.07. The summed E-state index contributed by atoms with van der Waals surface area (Å²) in [6.07, 6.45) is 3.78. The summed E-state index contributed by atoms with van der Waals surface area (Å²) >= 11 is 0. The van der Waals surface area contributed by atoms with Crippen molar-refractivity contribution in [3.8, 4) is 0 Å². The molecule has 0 aliphatic rings. The molecule has 18 heavy (non-hydrogen) atoms. The summed E-state index contributed by atoms with van der Waals surface area (Å²) in [5.41, 5.74) is 1.82. The fraction of sp³-hybridized carbons (Fsp3) is 0.308. The third-order valence-electron chi connectivity index (χ3n) is 3.18. The van der Waals surface area contributed by atoms with Crippen LogP contribution in [0, 0.1) is 6.92 Å². The Kier molecular flexibility index (Phi) is 2.23. The van der Waals surface area contributed by atoms with Gasteiger partial charge in [0.1, 0.15) is 0 Å². The Morgan fingerprint density at radius 3 is 2.78 bits per heavy atom. The van der Waals surface area contributed by atoms with Crippen LogP contribution in [-0.2, 0) is 5.41 Å². The summed E-state index contributed by atoms with van der Waals surface area (Å²) in [6.45, 7) is 5.94. The molecule has 5 heteroatoms. The average Bonchev–Trinajstić information content (AvgIpc) is 2.96. The third kappa shape index (κ3) is 1.59. The van der Waals surface area contributed by atoms with Crippen LogP contribution in [0.5, 0.6) is 0 Å². The van der Waals surface area contributed by atoms with E-state index in [2.05, 4.69) is 35.2 Å². The first-order valence-electron chi connectivity index (χ1n) is 5.82. The maximum absolute atomic E-state index is 5.29. The molecule has 0 spiro atoms. The van der Waals surface area contributed by atoms with Crippen molar-refractivity contribution in [1.82, 2.24) is 19.8 Å². The van der Waals surface area contributed by atoms with Crippen LogP contribution in [0.4, 0.5) is 0 Å². The van der Waals surface area contributed by atoms with Crippen LogP contribution >= 0.6 is 0 Å². The Balaban J connectivity index is 2.11. The number of hydrogen-bond donors (Lipinski definition) is 0. The monoisotopic (exact) mass is 242 g/mol. The molecule has 5 nitrogen and oxygen atoms in total. The second-order valence-corrected chi connectivity index (χ2v) is 4.89. The van der Waals surface area contributed by atoms with E-state index in [4.69, 9.17) is 4.52 Å². The van der Waals surface area contributed by atoms with Gasteiger partial charge in [0.05, 0.1) is 10.9 Å². The second-order valence-electron chi connectivity index (χ2n) is 4.89. The topological polar surface area (TPSA) is 56.2 Å². The van der Waals surface area contributed by atoms with Crippen LogP contribution in [0.3, 0.4) is 0 Å². The van der Waals surface area contributed by atoms with Crippen molar-refractivity contribution >= 4 is 5.52 Å². The van der Waals surface area contributed by atoms with E-state index in [0.717, 1.165) is 11.1 Å². The Morgan fingerprint density at radius 2 is 2.06 bits per heavy atom. The van der Waals surface area contributed by atoms with Crippen molar-refractivity contribution in [2.45, 2.75) is 26.2 Å². The Bertz CT molecular complexity index is 696. The van der Waals surface area contributed by atoms with Crippen LogP contribution in [-0.4, -0.2) is 19.8 Å². The predicted octanol–water partition coefficient (Wildman–Crippen LogP) is 2.35. The number of hydrogen-bond acceptors (Lipinski definition) is 4. The van der Waals surface area contributed by atoms with Gasteiger partial charge in [0.2, 0.25) is 5.89 Å². The van der Waals surface area contributed by atoms with Gasteiger partial charge in [0, 0.05) is 12.4 Å².